The lowest BCUT2D eigenvalue weighted by Gasteiger charge is -2.07. The van der Waals surface area contributed by atoms with Gasteiger partial charge in [0.05, 0.1) is 45.6 Å². The maximum absolute atomic E-state index is 6.16. The third-order valence-electron chi connectivity index (χ3n) is 20.0. The summed E-state index contributed by atoms with van der Waals surface area (Å²) in [6.07, 6.45) is 23.2. The number of H-pyrrole nitrogens is 4. The van der Waals surface area contributed by atoms with Gasteiger partial charge in [0.15, 0.2) is 0 Å². The molecule has 108 heavy (non-hydrogen) atoms. The first-order valence-electron chi connectivity index (χ1n) is 36.0. The fourth-order valence-electron chi connectivity index (χ4n) is 15.1. The van der Waals surface area contributed by atoms with Crippen LogP contribution >= 0.6 is 0 Å². The first-order valence-corrected chi connectivity index (χ1v) is 36.0. The third kappa shape index (κ3) is 12.2. The molecule has 4 aliphatic rings. The molecule has 16 bridgehead atoms. The molecule has 0 saturated carbocycles. The van der Waals surface area contributed by atoms with Gasteiger partial charge in [0.2, 0.25) is 0 Å². The molecule has 502 valence electrons. The van der Waals surface area contributed by atoms with Crippen LogP contribution in [-0.4, -0.2) is 39.9 Å². The third-order valence-corrected chi connectivity index (χ3v) is 20.0. The van der Waals surface area contributed by atoms with Gasteiger partial charge < -0.3 is 19.9 Å². The van der Waals surface area contributed by atoms with Crippen LogP contribution in [0, 0.1) is 36.0 Å². The van der Waals surface area contributed by atoms with Gasteiger partial charge in [-0.05, 0) is 184 Å². The Morgan fingerprint density at radius 1 is 0.185 bits per heavy atom. The van der Waals surface area contributed by atoms with Crippen molar-refractivity contribution in [1.29, 1.82) is 0 Å². The van der Waals surface area contributed by atoms with Crippen LogP contribution in [-0.2, 0) is 0 Å². The average molecular weight is 1380 g/mol. The van der Waals surface area contributed by atoms with Crippen molar-refractivity contribution in [3.63, 3.8) is 0 Å². The highest BCUT2D eigenvalue weighted by Crippen LogP contribution is 2.42. The van der Waals surface area contributed by atoms with E-state index in [0.29, 0.717) is 5.56 Å². The highest BCUT2D eigenvalue weighted by molar-refractivity contribution is 6.03. The van der Waals surface area contributed by atoms with E-state index < -0.39 is 0 Å². The van der Waals surface area contributed by atoms with E-state index in [9.17, 15) is 0 Å². The van der Waals surface area contributed by atoms with Gasteiger partial charge in [-0.25, -0.2) is 19.9 Å². The van der Waals surface area contributed by atoms with Crippen LogP contribution < -0.4 is 0 Å². The maximum atomic E-state index is 6.16. The van der Waals surface area contributed by atoms with Gasteiger partial charge in [-0.15, -0.1) is 6.42 Å². The van der Waals surface area contributed by atoms with E-state index in [4.69, 9.17) is 26.4 Å². The second-order valence-corrected chi connectivity index (χ2v) is 26.8. The number of benzene rings is 9. The van der Waals surface area contributed by atoms with Crippen molar-refractivity contribution < 1.29 is 0 Å². The zero-order chi connectivity index (χ0) is 71.9. The predicted molar refractivity (Wildman–Crippen MR) is 448 cm³/mol. The van der Waals surface area contributed by atoms with Crippen molar-refractivity contribution in [3.8, 4) is 125 Å². The van der Waals surface area contributed by atoms with Gasteiger partial charge in [0, 0.05) is 116 Å². The maximum Gasteiger partial charge on any atom is 0.0737 e. The van der Waals surface area contributed by atoms with Gasteiger partial charge in [-0.1, -0.05) is 236 Å². The summed E-state index contributed by atoms with van der Waals surface area (Å²) in [5.41, 5.74) is 34.2. The Labute approximate surface area is 624 Å². The molecule has 0 atom stereocenters. The summed E-state index contributed by atoms with van der Waals surface area (Å²) in [6, 6.07) is 103. The molecule has 4 N–H and O–H groups in total. The van der Waals surface area contributed by atoms with Crippen molar-refractivity contribution >= 4 is 92.7 Å². The largest absolute Gasteiger partial charge is 0.354 e. The van der Waals surface area contributed by atoms with Crippen molar-refractivity contribution in [3.05, 3.63) is 371 Å². The molecule has 4 aliphatic heterocycles. The number of rotatable bonds is 8. The van der Waals surface area contributed by atoms with E-state index in [1.165, 1.54) is 0 Å². The van der Waals surface area contributed by atoms with E-state index in [2.05, 4.69) is 341 Å². The van der Waals surface area contributed by atoms with Crippen molar-refractivity contribution in [2.24, 2.45) is 0 Å². The lowest BCUT2D eigenvalue weighted by molar-refractivity contribution is 1.31. The number of aromatic nitrogens is 8. The molecule has 0 aliphatic carbocycles. The number of aromatic amines is 4. The minimum Gasteiger partial charge on any atom is -0.354 e. The minimum absolute atomic E-state index is 0.687. The number of hydrogen-bond acceptors (Lipinski definition) is 4. The van der Waals surface area contributed by atoms with Crippen LogP contribution in [0.3, 0.4) is 0 Å². The molecule has 8 heteroatoms. The minimum atomic E-state index is 0.687. The summed E-state index contributed by atoms with van der Waals surface area (Å²) < 4.78 is 0. The highest BCUT2D eigenvalue weighted by Gasteiger charge is 2.23. The average Bonchev–Trinajstić information content (AvgIpc) is 1.60. The summed E-state index contributed by atoms with van der Waals surface area (Å²) in [4.78, 5) is 37.5. The standard InChI is InChI=1S/C100H62N8/c1-2-64-61-67(35-33-65-37-41-75(42-38-65)99-89-57-53-85(105-89)95(71-25-13-5-14-26-71)81-49-45-77(101-81)93(69-21-9-3-10-22-69)78-46-50-82(102-78)96(72-27-15-6-16-28-72)86-54-58-90(99)106-86)63-68(62-64)36-34-66-39-43-76(44-40-66)100-91-59-55-87(107-91)97(73-29-17-7-18-30-73)83-51-47-79(103-83)94(70-23-11-4-12-24-70)80-48-52-84(104-80)98(74-31-19-8-20-32-74)88-56-60-92(100)108-88/h1,3-32,37-63,101,103,106,108H. The summed E-state index contributed by atoms with van der Waals surface area (Å²) in [5, 5.41) is 0. The Balaban J connectivity index is 0.685. The fraction of sp³-hybridized carbons (Fsp3) is 0. The van der Waals surface area contributed by atoms with Crippen LogP contribution in [0.15, 0.2) is 297 Å². The smallest absolute Gasteiger partial charge is 0.0737 e. The first-order chi connectivity index (χ1) is 53.4. The molecular weight excluding hydrogens is 1310 g/mol. The van der Waals surface area contributed by atoms with Crippen LogP contribution in [0.4, 0.5) is 0 Å². The summed E-state index contributed by atoms with van der Waals surface area (Å²) in [6.45, 7) is 0. The number of hydrogen-bond donors (Lipinski definition) is 4. The summed E-state index contributed by atoms with van der Waals surface area (Å²) >= 11 is 0. The van der Waals surface area contributed by atoms with Crippen molar-refractivity contribution in [1.82, 2.24) is 39.9 Å². The zero-order valence-electron chi connectivity index (χ0n) is 58.3. The fourth-order valence-corrected chi connectivity index (χ4v) is 15.1. The van der Waals surface area contributed by atoms with E-state index in [1.54, 1.807) is 0 Å². The van der Waals surface area contributed by atoms with E-state index in [1.807, 2.05) is 54.6 Å². The quantitative estimate of drug-likeness (QED) is 0.113. The summed E-state index contributed by atoms with van der Waals surface area (Å²) in [5.74, 6) is 16.6. The number of terminal acetylenes is 1. The van der Waals surface area contributed by atoms with Gasteiger partial charge >= 0.3 is 0 Å². The normalized spacial score (nSPS) is 11.8. The van der Waals surface area contributed by atoms with Gasteiger partial charge in [-0.2, -0.15) is 0 Å². The SMILES string of the molecule is C#Cc1cc(C#Cc2ccc(-c3c4nc(c(-c5ccccc5)c5ccc([nH]5)c(-c5ccccc5)c5nc(c(-c6ccccc6)c6ccc3[nH]6)C=C5)C=C4)cc2)cc(C#Cc2ccc(-c3c4nc(c(-c5ccccc5)c5ccc([nH]5)c(-c5ccccc5)c5nc(c(-c6ccccc6)c6ccc3[nH]6)C=C5)C=C4)cc2)c1. The Kier molecular flexibility index (Phi) is 16.3. The molecule has 0 spiro atoms. The van der Waals surface area contributed by atoms with Gasteiger partial charge in [-0.3, -0.25) is 0 Å². The second kappa shape index (κ2) is 27.6. The zero-order valence-corrected chi connectivity index (χ0v) is 58.3. The number of nitrogens with zero attached hydrogens (tertiary/aromatic N) is 4. The molecule has 0 saturated heterocycles. The highest BCUT2D eigenvalue weighted by atomic mass is 14.8. The van der Waals surface area contributed by atoms with Crippen LogP contribution in [0.25, 0.3) is 182 Å². The predicted octanol–water partition coefficient (Wildman–Crippen LogP) is 23.7. The molecule has 15 aromatic rings. The molecule has 0 unspecified atom stereocenters. The molecule has 0 amide bonds. The molecule has 19 rings (SSSR count). The van der Waals surface area contributed by atoms with Crippen LogP contribution in [0.5, 0.6) is 0 Å². The topological polar surface area (TPSA) is 115 Å². The molecule has 9 aromatic carbocycles. The Hall–Kier alpha value is -15.1. The van der Waals surface area contributed by atoms with Crippen molar-refractivity contribution in [2.45, 2.75) is 0 Å². The van der Waals surface area contributed by atoms with Crippen LogP contribution in [0.1, 0.15) is 73.4 Å². The molecule has 0 radical (unpaired) electrons. The molecule has 0 fully saturated rings. The molecule has 8 nitrogen and oxygen atoms in total. The molecule has 10 heterocycles. The van der Waals surface area contributed by atoms with Crippen molar-refractivity contribution in [2.75, 3.05) is 0 Å². The summed E-state index contributed by atoms with van der Waals surface area (Å²) in [7, 11) is 0. The van der Waals surface area contributed by atoms with Crippen LogP contribution in [0.2, 0.25) is 0 Å². The van der Waals surface area contributed by atoms with Gasteiger partial charge in [0.1, 0.15) is 0 Å². The number of fused-ring (bicyclic) bond motifs is 16. The monoisotopic (exact) mass is 1370 g/mol. The Morgan fingerprint density at radius 2 is 0.361 bits per heavy atom. The second-order valence-electron chi connectivity index (χ2n) is 26.8. The van der Waals surface area contributed by atoms with Gasteiger partial charge in [0.25, 0.3) is 0 Å². The lowest BCUT2D eigenvalue weighted by atomic mass is 10.0. The Morgan fingerprint density at radius 3 is 0.556 bits per heavy atom. The molecule has 6 aromatic heterocycles. The number of nitrogens with one attached hydrogen (secondary N) is 4. The molecular formula is C100H62N8. The van der Waals surface area contributed by atoms with E-state index in [0.717, 1.165) is 201 Å². The van der Waals surface area contributed by atoms with E-state index in [-0.39, 0.29) is 0 Å². The van der Waals surface area contributed by atoms with E-state index >= 15 is 0 Å². The Bertz CT molecular complexity index is 6320. The lowest BCUT2D eigenvalue weighted by Crippen LogP contribution is -1.90. The first kappa shape index (κ1) is 63.8.